The molecule has 0 bridgehead atoms. The molecular formula is C18H29NO. The molecule has 0 spiro atoms. The van der Waals surface area contributed by atoms with Crippen LogP contribution in [0.3, 0.4) is 0 Å². The number of rotatable bonds is 1. The van der Waals surface area contributed by atoms with Crippen LogP contribution >= 0.6 is 0 Å². The largest absolute Gasteiger partial charge is 0.369 e. The summed E-state index contributed by atoms with van der Waals surface area (Å²) in [6.07, 6.45) is 14.0. The molecule has 4 aliphatic carbocycles. The number of nitrogens with two attached hydrogens (primary N) is 1. The van der Waals surface area contributed by atoms with Gasteiger partial charge in [-0.15, -0.1) is 0 Å². The molecule has 0 aromatic carbocycles. The van der Waals surface area contributed by atoms with Gasteiger partial charge in [-0.25, -0.2) is 0 Å². The van der Waals surface area contributed by atoms with Crippen molar-refractivity contribution in [1.29, 1.82) is 0 Å². The van der Waals surface area contributed by atoms with E-state index < -0.39 is 0 Å². The maximum Gasteiger partial charge on any atom is 0.220 e. The van der Waals surface area contributed by atoms with Gasteiger partial charge in [0.05, 0.1) is 0 Å². The number of hydrogen-bond donors (Lipinski definition) is 1. The standard InChI is InChI=1S/C18H29NO/c19-18(20)17-10-9-15-14-6-5-11-3-1-2-4-12(11)13(14)7-8-16(15)17/h11-17H,1-10H2,(H2,19,20). The zero-order valence-corrected chi connectivity index (χ0v) is 12.6. The molecule has 4 fully saturated rings. The molecule has 4 saturated carbocycles. The van der Waals surface area contributed by atoms with Crippen LogP contribution in [0.15, 0.2) is 0 Å². The van der Waals surface area contributed by atoms with Crippen LogP contribution < -0.4 is 5.73 Å². The molecule has 20 heavy (non-hydrogen) atoms. The lowest BCUT2D eigenvalue weighted by Gasteiger charge is -2.52. The number of carbonyl (C=O) groups is 1. The van der Waals surface area contributed by atoms with Crippen molar-refractivity contribution in [1.82, 2.24) is 0 Å². The zero-order valence-electron chi connectivity index (χ0n) is 12.6. The van der Waals surface area contributed by atoms with E-state index in [1.165, 1.54) is 57.8 Å². The Kier molecular flexibility index (Phi) is 3.31. The van der Waals surface area contributed by atoms with Gasteiger partial charge in [-0.3, -0.25) is 4.79 Å². The van der Waals surface area contributed by atoms with Crippen molar-refractivity contribution in [3.8, 4) is 0 Å². The number of primary amides is 1. The maximum absolute atomic E-state index is 11.7. The van der Waals surface area contributed by atoms with Gasteiger partial charge >= 0.3 is 0 Å². The minimum absolute atomic E-state index is 0.0118. The zero-order chi connectivity index (χ0) is 13.7. The Morgan fingerprint density at radius 2 is 1.25 bits per heavy atom. The molecule has 0 radical (unpaired) electrons. The minimum Gasteiger partial charge on any atom is -0.369 e. The van der Waals surface area contributed by atoms with Crippen molar-refractivity contribution in [3.63, 3.8) is 0 Å². The molecule has 0 aliphatic heterocycles. The van der Waals surface area contributed by atoms with Crippen LogP contribution in [0.25, 0.3) is 0 Å². The van der Waals surface area contributed by atoms with E-state index in [1.54, 1.807) is 0 Å². The highest BCUT2D eigenvalue weighted by molar-refractivity contribution is 5.77. The van der Waals surface area contributed by atoms with Gasteiger partial charge < -0.3 is 5.73 Å². The normalized spacial score (nSPS) is 50.9. The monoisotopic (exact) mass is 275 g/mol. The first-order valence-electron chi connectivity index (χ1n) is 9.05. The van der Waals surface area contributed by atoms with Crippen molar-refractivity contribution in [2.75, 3.05) is 0 Å². The fourth-order valence-electron chi connectivity index (χ4n) is 6.84. The molecule has 4 aliphatic rings. The Balaban J connectivity index is 1.53. The summed E-state index contributed by atoms with van der Waals surface area (Å²) >= 11 is 0. The molecule has 7 unspecified atom stereocenters. The van der Waals surface area contributed by atoms with Crippen molar-refractivity contribution < 1.29 is 4.79 Å². The summed E-state index contributed by atoms with van der Waals surface area (Å²) in [7, 11) is 0. The third kappa shape index (κ3) is 1.94. The van der Waals surface area contributed by atoms with Crippen LogP contribution in [0.2, 0.25) is 0 Å². The number of hydrogen-bond acceptors (Lipinski definition) is 1. The summed E-state index contributed by atoms with van der Waals surface area (Å²) in [5.41, 5.74) is 5.64. The van der Waals surface area contributed by atoms with E-state index in [-0.39, 0.29) is 11.8 Å². The fourth-order valence-corrected chi connectivity index (χ4v) is 6.84. The molecule has 0 heterocycles. The van der Waals surface area contributed by atoms with Gasteiger partial charge in [0, 0.05) is 5.92 Å². The first-order chi connectivity index (χ1) is 9.75. The lowest BCUT2D eigenvalue weighted by atomic mass is 9.53. The number of fused-ring (bicyclic) bond motifs is 5. The van der Waals surface area contributed by atoms with Crippen molar-refractivity contribution in [3.05, 3.63) is 0 Å². The molecule has 0 aromatic rings. The van der Waals surface area contributed by atoms with E-state index in [4.69, 9.17) is 5.73 Å². The molecule has 4 rings (SSSR count). The Labute approximate surface area is 122 Å². The van der Waals surface area contributed by atoms with Crippen molar-refractivity contribution in [2.45, 2.75) is 64.2 Å². The second-order valence-corrected chi connectivity index (χ2v) is 8.10. The lowest BCUT2D eigenvalue weighted by molar-refractivity contribution is -0.124. The molecule has 2 N–H and O–H groups in total. The first kappa shape index (κ1) is 13.2. The third-order valence-electron chi connectivity index (χ3n) is 7.57. The maximum atomic E-state index is 11.7. The van der Waals surface area contributed by atoms with E-state index in [1.807, 2.05) is 0 Å². The van der Waals surface area contributed by atoms with E-state index in [9.17, 15) is 4.79 Å². The molecule has 1 amide bonds. The molecule has 0 aromatic heterocycles. The van der Waals surface area contributed by atoms with E-state index >= 15 is 0 Å². The van der Waals surface area contributed by atoms with Gasteiger partial charge in [-0.05, 0) is 80.5 Å². The average Bonchev–Trinajstić information content (AvgIpc) is 2.91. The Morgan fingerprint density at radius 1 is 0.650 bits per heavy atom. The molecule has 112 valence electrons. The summed E-state index contributed by atoms with van der Waals surface area (Å²) < 4.78 is 0. The highest BCUT2D eigenvalue weighted by Crippen LogP contribution is 2.58. The Hall–Kier alpha value is -0.530. The highest BCUT2D eigenvalue weighted by atomic mass is 16.1. The SMILES string of the molecule is NC(=O)C1CCC2C1CCC1C3CCCCC3CCC12. The topological polar surface area (TPSA) is 43.1 Å². The van der Waals surface area contributed by atoms with Crippen molar-refractivity contribution >= 4 is 5.91 Å². The summed E-state index contributed by atoms with van der Waals surface area (Å²) in [5, 5.41) is 0. The lowest BCUT2D eigenvalue weighted by Crippen LogP contribution is -2.45. The first-order valence-corrected chi connectivity index (χ1v) is 9.05. The highest BCUT2D eigenvalue weighted by Gasteiger charge is 2.51. The average molecular weight is 275 g/mol. The van der Waals surface area contributed by atoms with Crippen LogP contribution in [0, 0.1) is 41.4 Å². The van der Waals surface area contributed by atoms with Crippen LogP contribution in [-0.4, -0.2) is 5.91 Å². The number of amides is 1. The van der Waals surface area contributed by atoms with Crippen LogP contribution in [0.4, 0.5) is 0 Å². The van der Waals surface area contributed by atoms with Crippen molar-refractivity contribution in [2.24, 2.45) is 47.2 Å². The number of carbonyl (C=O) groups excluding carboxylic acids is 1. The quantitative estimate of drug-likeness (QED) is 0.778. The predicted molar refractivity (Wildman–Crippen MR) is 79.8 cm³/mol. The Morgan fingerprint density at radius 3 is 2.10 bits per heavy atom. The smallest absolute Gasteiger partial charge is 0.220 e. The van der Waals surface area contributed by atoms with Crippen LogP contribution in [-0.2, 0) is 4.79 Å². The van der Waals surface area contributed by atoms with Crippen LogP contribution in [0.5, 0.6) is 0 Å². The fraction of sp³-hybridized carbons (Fsp3) is 0.944. The summed E-state index contributed by atoms with van der Waals surface area (Å²) in [6.45, 7) is 0. The van der Waals surface area contributed by atoms with E-state index in [0.717, 1.165) is 36.0 Å². The summed E-state index contributed by atoms with van der Waals surface area (Å²) in [6, 6.07) is 0. The molecule has 2 nitrogen and oxygen atoms in total. The van der Waals surface area contributed by atoms with E-state index in [2.05, 4.69) is 0 Å². The Bertz CT molecular complexity index is 393. The van der Waals surface area contributed by atoms with Gasteiger partial charge in [0.2, 0.25) is 5.91 Å². The second kappa shape index (κ2) is 5.03. The third-order valence-corrected chi connectivity index (χ3v) is 7.57. The van der Waals surface area contributed by atoms with Gasteiger partial charge in [0.25, 0.3) is 0 Å². The molecule has 0 saturated heterocycles. The van der Waals surface area contributed by atoms with Gasteiger partial charge in [-0.2, -0.15) is 0 Å². The molecule has 7 atom stereocenters. The molecule has 2 heteroatoms. The second-order valence-electron chi connectivity index (χ2n) is 8.10. The van der Waals surface area contributed by atoms with Gasteiger partial charge in [-0.1, -0.05) is 19.3 Å². The van der Waals surface area contributed by atoms with E-state index in [0.29, 0.717) is 5.92 Å². The van der Waals surface area contributed by atoms with Gasteiger partial charge in [0.15, 0.2) is 0 Å². The minimum atomic E-state index is -0.0118. The summed E-state index contributed by atoms with van der Waals surface area (Å²) in [5.74, 6) is 5.72. The molecular weight excluding hydrogens is 246 g/mol. The predicted octanol–water partition coefficient (Wildman–Crippen LogP) is 3.74. The summed E-state index contributed by atoms with van der Waals surface area (Å²) in [4.78, 5) is 11.7. The van der Waals surface area contributed by atoms with Crippen LogP contribution in [0.1, 0.15) is 64.2 Å². The van der Waals surface area contributed by atoms with Gasteiger partial charge in [0.1, 0.15) is 0 Å².